The third-order valence-corrected chi connectivity index (χ3v) is 3.46. The molecule has 1 unspecified atom stereocenters. The van der Waals surface area contributed by atoms with Crippen molar-refractivity contribution in [1.82, 2.24) is 9.88 Å². The van der Waals surface area contributed by atoms with E-state index in [4.69, 9.17) is 0 Å². The molecule has 4 nitrogen and oxygen atoms in total. The van der Waals surface area contributed by atoms with Crippen LogP contribution >= 0.6 is 23.7 Å². The summed E-state index contributed by atoms with van der Waals surface area (Å²) >= 11 is 1.50. The highest BCUT2D eigenvalue weighted by Crippen LogP contribution is 2.11. The van der Waals surface area contributed by atoms with Gasteiger partial charge in [0.2, 0.25) is 0 Å². The number of amides is 1. The predicted octanol–water partition coefficient (Wildman–Crippen LogP) is 0.935. The average Bonchev–Trinajstić information content (AvgIpc) is 2.66. The lowest BCUT2D eigenvalue weighted by molar-refractivity contribution is -0.122. The molecule has 1 fully saturated rings. The summed E-state index contributed by atoms with van der Waals surface area (Å²) < 4.78 is 1.87. The van der Waals surface area contributed by atoms with E-state index in [-0.39, 0.29) is 24.2 Å². The van der Waals surface area contributed by atoms with Crippen molar-refractivity contribution in [1.29, 1.82) is 0 Å². The maximum atomic E-state index is 11.8. The standard InChI is InChI=1S/C10H15N3OS.ClH/c1-13-5-6-15-10(13)12-9(14)8-3-2-4-11-7-8;/h5-6,8,11H,2-4,7H2,1H3;1H. The quantitative estimate of drug-likeness (QED) is 0.818. The molecule has 0 saturated carbocycles. The molecule has 2 heterocycles. The minimum absolute atomic E-state index is 0. The van der Waals surface area contributed by atoms with Gasteiger partial charge in [-0.05, 0) is 19.4 Å². The Hall–Kier alpha value is -0.650. The van der Waals surface area contributed by atoms with Gasteiger partial charge >= 0.3 is 0 Å². The molecule has 0 bridgehead atoms. The molecule has 1 aliphatic heterocycles. The van der Waals surface area contributed by atoms with Crippen molar-refractivity contribution in [2.75, 3.05) is 13.1 Å². The second kappa shape index (κ2) is 6.18. The van der Waals surface area contributed by atoms with Crippen LogP contribution < -0.4 is 10.1 Å². The van der Waals surface area contributed by atoms with E-state index in [0.717, 1.165) is 30.7 Å². The average molecular weight is 262 g/mol. The first-order chi connectivity index (χ1) is 7.27. The third-order valence-electron chi connectivity index (χ3n) is 2.61. The summed E-state index contributed by atoms with van der Waals surface area (Å²) in [6.45, 7) is 1.80. The van der Waals surface area contributed by atoms with Crippen LogP contribution in [-0.4, -0.2) is 23.6 Å². The number of carbonyl (C=O) groups is 1. The van der Waals surface area contributed by atoms with Crippen LogP contribution in [0.25, 0.3) is 0 Å². The molecule has 0 aliphatic carbocycles. The molecule has 1 saturated heterocycles. The highest BCUT2D eigenvalue weighted by atomic mass is 35.5. The SMILES string of the molecule is Cl.Cn1ccsc1=NC(=O)C1CCCNC1. The number of nitrogens with zero attached hydrogens (tertiary/aromatic N) is 2. The molecule has 1 N–H and O–H groups in total. The normalized spacial score (nSPS) is 21.6. The van der Waals surface area contributed by atoms with Crippen molar-refractivity contribution < 1.29 is 4.79 Å². The van der Waals surface area contributed by atoms with Gasteiger partial charge in [0.05, 0.1) is 5.92 Å². The molecule has 1 amide bonds. The van der Waals surface area contributed by atoms with Gasteiger partial charge in [-0.15, -0.1) is 23.7 Å². The minimum atomic E-state index is 0. The topological polar surface area (TPSA) is 46.4 Å². The van der Waals surface area contributed by atoms with Gasteiger partial charge in [-0.1, -0.05) is 0 Å². The lowest BCUT2D eigenvalue weighted by Gasteiger charge is -2.19. The second-order valence-electron chi connectivity index (χ2n) is 3.79. The molecule has 0 radical (unpaired) electrons. The van der Waals surface area contributed by atoms with Gasteiger partial charge in [-0.2, -0.15) is 4.99 Å². The maximum Gasteiger partial charge on any atom is 0.252 e. The van der Waals surface area contributed by atoms with Gasteiger partial charge in [-0.3, -0.25) is 4.79 Å². The Morgan fingerprint density at radius 3 is 3.06 bits per heavy atom. The van der Waals surface area contributed by atoms with E-state index < -0.39 is 0 Å². The lowest BCUT2D eigenvalue weighted by Crippen LogP contribution is -2.34. The van der Waals surface area contributed by atoms with Crippen LogP contribution in [0.4, 0.5) is 0 Å². The first kappa shape index (κ1) is 13.4. The molecular weight excluding hydrogens is 246 g/mol. The molecular formula is C10H16ClN3OS. The summed E-state index contributed by atoms with van der Waals surface area (Å²) in [5, 5.41) is 5.16. The Morgan fingerprint density at radius 2 is 2.50 bits per heavy atom. The van der Waals surface area contributed by atoms with Crippen LogP contribution in [0.15, 0.2) is 16.6 Å². The Balaban J connectivity index is 0.00000128. The van der Waals surface area contributed by atoms with Crippen molar-refractivity contribution in [2.24, 2.45) is 18.0 Å². The van der Waals surface area contributed by atoms with Crippen LogP contribution in [0.1, 0.15) is 12.8 Å². The first-order valence-electron chi connectivity index (χ1n) is 5.17. The summed E-state index contributed by atoms with van der Waals surface area (Å²) in [6, 6.07) is 0. The molecule has 1 aromatic rings. The molecule has 1 atom stereocenters. The molecule has 1 aromatic heterocycles. The Kier molecular flexibility index (Phi) is 5.18. The number of hydrogen-bond acceptors (Lipinski definition) is 3. The summed E-state index contributed by atoms with van der Waals surface area (Å²) in [5.74, 6) is 0.0844. The molecule has 6 heteroatoms. The number of hydrogen-bond donors (Lipinski definition) is 1. The predicted molar refractivity (Wildman–Crippen MR) is 66.7 cm³/mol. The van der Waals surface area contributed by atoms with E-state index in [1.165, 1.54) is 11.3 Å². The number of nitrogens with one attached hydrogen (secondary N) is 1. The number of carbonyl (C=O) groups excluding carboxylic acids is 1. The third kappa shape index (κ3) is 3.17. The van der Waals surface area contributed by atoms with E-state index in [2.05, 4.69) is 10.3 Å². The smallest absolute Gasteiger partial charge is 0.252 e. The summed E-state index contributed by atoms with van der Waals surface area (Å²) in [5.41, 5.74) is 0. The zero-order chi connectivity index (χ0) is 10.7. The highest BCUT2D eigenvalue weighted by molar-refractivity contribution is 7.07. The van der Waals surface area contributed by atoms with E-state index in [1.54, 1.807) is 0 Å². The number of halogens is 1. The maximum absolute atomic E-state index is 11.8. The van der Waals surface area contributed by atoms with Crippen LogP contribution in [0.5, 0.6) is 0 Å². The highest BCUT2D eigenvalue weighted by Gasteiger charge is 2.20. The number of piperidine rings is 1. The largest absolute Gasteiger partial charge is 0.327 e. The van der Waals surface area contributed by atoms with Crippen molar-refractivity contribution >= 4 is 29.7 Å². The van der Waals surface area contributed by atoms with Crippen molar-refractivity contribution in [3.63, 3.8) is 0 Å². The molecule has 1 aliphatic rings. The Bertz CT molecular complexity index is 406. The number of rotatable bonds is 1. The van der Waals surface area contributed by atoms with Gasteiger partial charge in [0.25, 0.3) is 5.91 Å². The van der Waals surface area contributed by atoms with Crippen molar-refractivity contribution in [2.45, 2.75) is 12.8 Å². The Labute approximate surface area is 105 Å². The van der Waals surface area contributed by atoms with Gasteiger partial charge in [0.1, 0.15) is 0 Å². The van der Waals surface area contributed by atoms with Crippen LogP contribution in [-0.2, 0) is 11.8 Å². The number of aromatic nitrogens is 1. The van der Waals surface area contributed by atoms with Gasteiger partial charge in [0.15, 0.2) is 4.80 Å². The van der Waals surface area contributed by atoms with Crippen molar-refractivity contribution in [3.8, 4) is 0 Å². The zero-order valence-corrected chi connectivity index (χ0v) is 10.8. The van der Waals surface area contributed by atoms with Crippen LogP contribution in [0.3, 0.4) is 0 Å². The van der Waals surface area contributed by atoms with Gasteiger partial charge < -0.3 is 9.88 Å². The van der Waals surface area contributed by atoms with Gasteiger partial charge in [-0.25, -0.2) is 0 Å². The summed E-state index contributed by atoms with van der Waals surface area (Å²) in [4.78, 5) is 16.7. The van der Waals surface area contributed by atoms with Crippen LogP contribution in [0.2, 0.25) is 0 Å². The van der Waals surface area contributed by atoms with E-state index >= 15 is 0 Å². The Morgan fingerprint density at radius 1 is 1.69 bits per heavy atom. The fourth-order valence-corrected chi connectivity index (χ4v) is 2.42. The van der Waals surface area contributed by atoms with E-state index in [1.807, 2.05) is 23.2 Å². The lowest BCUT2D eigenvalue weighted by atomic mass is 9.99. The monoisotopic (exact) mass is 261 g/mol. The molecule has 0 aromatic carbocycles. The fraction of sp³-hybridized carbons (Fsp3) is 0.600. The fourth-order valence-electron chi connectivity index (χ4n) is 1.68. The second-order valence-corrected chi connectivity index (χ2v) is 4.66. The van der Waals surface area contributed by atoms with Gasteiger partial charge in [0, 0.05) is 25.2 Å². The molecule has 0 spiro atoms. The van der Waals surface area contributed by atoms with E-state index in [0.29, 0.717) is 0 Å². The summed E-state index contributed by atoms with van der Waals surface area (Å²) in [7, 11) is 1.90. The number of thiazole rings is 1. The molecule has 2 rings (SSSR count). The molecule has 16 heavy (non-hydrogen) atoms. The minimum Gasteiger partial charge on any atom is -0.327 e. The van der Waals surface area contributed by atoms with E-state index in [9.17, 15) is 4.79 Å². The zero-order valence-electron chi connectivity index (χ0n) is 9.18. The van der Waals surface area contributed by atoms with Crippen LogP contribution in [0, 0.1) is 5.92 Å². The number of aryl methyl sites for hydroxylation is 1. The molecule has 90 valence electrons. The first-order valence-corrected chi connectivity index (χ1v) is 6.05. The summed E-state index contributed by atoms with van der Waals surface area (Å²) in [6.07, 6.45) is 3.95. The van der Waals surface area contributed by atoms with Crippen molar-refractivity contribution in [3.05, 3.63) is 16.4 Å².